The molecule has 0 unspecified atom stereocenters. The molecule has 0 aliphatic rings. The van der Waals surface area contributed by atoms with Crippen LogP contribution in [0, 0.1) is 11.3 Å². The van der Waals surface area contributed by atoms with Crippen LogP contribution in [0.25, 0.3) is 0 Å². The lowest BCUT2D eigenvalue weighted by molar-refractivity contribution is 0.320. The molecule has 0 atom stereocenters. The van der Waals surface area contributed by atoms with Crippen LogP contribution in [0.3, 0.4) is 0 Å². The number of hydrogen-bond acceptors (Lipinski definition) is 0. The van der Waals surface area contributed by atoms with Gasteiger partial charge in [0.05, 0.1) is 0 Å². The van der Waals surface area contributed by atoms with Crippen molar-refractivity contribution in [2.45, 2.75) is 45.3 Å². The second kappa shape index (κ2) is 7.29. The standard InChI is InChI=1S/C8H18.CHCl3/c1-7(2)6-8(3,4)5;2-1(3)4/h7H,6H2,1-5H3;1H. The SMILES string of the molecule is CC(C)CC(C)(C)C.ClC(Cl)Cl. The zero-order chi connectivity index (χ0) is 10.4. The summed E-state index contributed by atoms with van der Waals surface area (Å²) >= 11 is 14.4. The summed E-state index contributed by atoms with van der Waals surface area (Å²) in [5.74, 6) is 0.843. The van der Waals surface area contributed by atoms with E-state index in [1.807, 2.05) is 0 Å². The Morgan fingerprint density at radius 2 is 1.25 bits per heavy atom. The maximum Gasteiger partial charge on any atom is 0.180 e. The van der Waals surface area contributed by atoms with Crippen LogP contribution in [0.1, 0.15) is 41.0 Å². The first-order chi connectivity index (χ1) is 5.15. The van der Waals surface area contributed by atoms with E-state index < -0.39 is 4.30 Å². The molecule has 0 nitrogen and oxygen atoms in total. The summed E-state index contributed by atoms with van der Waals surface area (Å²) in [7, 11) is 0. The van der Waals surface area contributed by atoms with Crippen molar-refractivity contribution in [1.82, 2.24) is 0 Å². The van der Waals surface area contributed by atoms with Crippen LogP contribution in [-0.4, -0.2) is 4.30 Å². The monoisotopic (exact) mass is 232 g/mol. The van der Waals surface area contributed by atoms with Crippen LogP contribution in [0.15, 0.2) is 0 Å². The quantitative estimate of drug-likeness (QED) is 0.555. The van der Waals surface area contributed by atoms with Crippen molar-refractivity contribution in [3.05, 3.63) is 0 Å². The van der Waals surface area contributed by atoms with Gasteiger partial charge in [-0.05, 0) is 17.8 Å². The van der Waals surface area contributed by atoms with E-state index >= 15 is 0 Å². The highest BCUT2D eigenvalue weighted by Crippen LogP contribution is 2.23. The molecule has 0 amide bonds. The van der Waals surface area contributed by atoms with Gasteiger partial charge in [-0.2, -0.15) is 0 Å². The highest BCUT2D eigenvalue weighted by molar-refractivity contribution is 6.63. The van der Waals surface area contributed by atoms with E-state index in [0.717, 1.165) is 5.92 Å². The Balaban J connectivity index is 0. The molecule has 0 aromatic rings. The van der Waals surface area contributed by atoms with Gasteiger partial charge in [0.1, 0.15) is 0 Å². The first kappa shape index (κ1) is 15.3. The normalized spacial score (nSPS) is 11.5. The van der Waals surface area contributed by atoms with Crippen LogP contribution >= 0.6 is 34.8 Å². The Morgan fingerprint density at radius 3 is 1.25 bits per heavy atom. The average molecular weight is 234 g/mol. The van der Waals surface area contributed by atoms with Crippen molar-refractivity contribution in [2.24, 2.45) is 11.3 Å². The van der Waals surface area contributed by atoms with Crippen LogP contribution in [0.2, 0.25) is 0 Å². The average Bonchev–Trinajstić information content (AvgIpc) is 1.52. The fraction of sp³-hybridized carbons (Fsp3) is 1.00. The van der Waals surface area contributed by atoms with E-state index in [1.54, 1.807) is 0 Å². The molecule has 0 fully saturated rings. The van der Waals surface area contributed by atoms with Gasteiger partial charge in [0, 0.05) is 0 Å². The van der Waals surface area contributed by atoms with Gasteiger partial charge in [-0.25, -0.2) is 0 Å². The molecule has 0 rings (SSSR count). The fourth-order valence-corrected chi connectivity index (χ4v) is 1.22. The maximum absolute atomic E-state index is 4.81. The van der Waals surface area contributed by atoms with E-state index in [-0.39, 0.29) is 0 Å². The number of halogens is 3. The summed E-state index contributed by atoms with van der Waals surface area (Å²) in [6, 6.07) is 0. The molecule has 0 radical (unpaired) electrons. The fourth-order valence-electron chi connectivity index (χ4n) is 1.22. The van der Waals surface area contributed by atoms with E-state index in [4.69, 9.17) is 34.8 Å². The van der Waals surface area contributed by atoms with Gasteiger partial charge < -0.3 is 0 Å². The molecule has 0 aromatic carbocycles. The largest absolute Gasteiger partial charge is 0.180 e. The van der Waals surface area contributed by atoms with Crippen LogP contribution in [0.5, 0.6) is 0 Å². The first-order valence-electron chi connectivity index (χ1n) is 4.07. The lowest BCUT2D eigenvalue weighted by Crippen LogP contribution is -2.08. The highest BCUT2D eigenvalue weighted by Gasteiger charge is 2.11. The second-order valence-electron chi connectivity index (χ2n) is 4.41. The maximum atomic E-state index is 4.81. The predicted octanol–water partition coefficient (Wildman–Crippen LogP) is 5.07. The summed E-state index contributed by atoms with van der Waals surface area (Å²) in [5, 5.41) is 0. The lowest BCUT2D eigenvalue weighted by atomic mass is 9.86. The molecule has 0 N–H and O–H groups in total. The lowest BCUT2D eigenvalue weighted by Gasteiger charge is -2.19. The van der Waals surface area contributed by atoms with Gasteiger partial charge >= 0.3 is 0 Å². The molecule has 3 heteroatoms. The van der Waals surface area contributed by atoms with Crippen molar-refractivity contribution in [3.8, 4) is 0 Å². The Hall–Kier alpha value is 0.870. The van der Waals surface area contributed by atoms with E-state index in [2.05, 4.69) is 34.6 Å². The molecule has 0 aliphatic heterocycles. The summed E-state index contributed by atoms with van der Waals surface area (Å²) in [5.41, 5.74) is 0.522. The second-order valence-corrected chi connectivity index (χ2v) is 6.39. The zero-order valence-corrected chi connectivity index (χ0v) is 10.8. The highest BCUT2D eigenvalue weighted by atomic mass is 35.6. The molecule has 0 saturated carbocycles. The molecule has 0 saturated heterocycles. The number of alkyl halides is 3. The van der Waals surface area contributed by atoms with Gasteiger partial charge in [0.2, 0.25) is 0 Å². The Labute approximate surface area is 91.6 Å². The Bertz CT molecular complexity index is 89.7. The third-order valence-electron chi connectivity index (χ3n) is 1.02. The molecule has 0 aliphatic carbocycles. The molecule has 0 aromatic heterocycles. The van der Waals surface area contributed by atoms with E-state index in [9.17, 15) is 0 Å². The summed E-state index contributed by atoms with van der Waals surface area (Å²) < 4.78 is -0.750. The van der Waals surface area contributed by atoms with Gasteiger partial charge in [-0.3, -0.25) is 0 Å². The molecular weight excluding hydrogens is 214 g/mol. The minimum absolute atomic E-state index is 0.522. The van der Waals surface area contributed by atoms with Crippen molar-refractivity contribution in [2.75, 3.05) is 0 Å². The summed E-state index contributed by atoms with van der Waals surface area (Å²) in [6.45, 7) is 11.4. The van der Waals surface area contributed by atoms with Crippen molar-refractivity contribution in [3.63, 3.8) is 0 Å². The predicted molar refractivity (Wildman–Crippen MR) is 60.3 cm³/mol. The van der Waals surface area contributed by atoms with Crippen molar-refractivity contribution >= 4 is 34.8 Å². The third kappa shape index (κ3) is 30.7. The Morgan fingerprint density at radius 1 is 1.00 bits per heavy atom. The number of hydrogen-bond donors (Lipinski definition) is 0. The topological polar surface area (TPSA) is 0 Å². The zero-order valence-electron chi connectivity index (χ0n) is 8.50. The minimum Gasteiger partial charge on any atom is -0.0874 e. The smallest absolute Gasteiger partial charge is 0.0874 e. The molecular formula is C9H19Cl3. The molecule has 0 heterocycles. The van der Waals surface area contributed by atoms with Crippen LogP contribution in [0.4, 0.5) is 0 Å². The first-order valence-corrected chi connectivity index (χ1v) is 5.38. The van der Waals surface area contributed by atoms with Crippen LogP contribution in [-0.2, 0) is 0 Å². The van der Waals surface area contributed by atoms with E-state index in [0.29, 0.717) is 5.41 Å². The molecule has 76 valence electrons. The minimum atomic E-state index is -0.750. The van der Waals surface area contributed by atoms with Gasteiger partial charge in [0.25, 0.3) is 0 Å². The summed E-state index contributed by atoms with van der Waals surface area (Å²) in [4.78, 5) is 0. The van der Waals surface area contributed by atoms with Gasteiger partial charge in [0.15, 0.2) is 4.30 Å². The number of rotatable bonds is 1. The van der Waals surface area contributed by atoms with Gasteiger partial charge in [-0.1, -0.05) is 69.4 Å². The van der Waals surface area contributed by atoms with Crippen molar-refractivity contribution in [1.29, 1.82) is 0 Å². The van der Waals surface area contributed by atoms with Crippen LogP contribution < -0.4 is 0 Å². The van der Waals surface area contributed by atoms with E-state index in [1.165, 1.54) is 6.42 Å². The third-order valence-corrected chi connectivity index (χ3v) is 1.02. The molecule has 0 spiro atoms. The molecule has 12 heavy (non-hydrogen) atoms. The Kier molecular flexibility index (Phi) is 9.32. The summed E-state index contributed by atoms with van der Waals surface area (Å²) in [6.07, 6.45) is 1.33. The molecule has 0 bridgehead atoms. The van der Waals surface area contributed by atoms with Gasteiger partial charge in [-0.15, -0.1) is 0 Å². The van der Waals surface area contributed by atoms with Crippen molar-refractivity contribution < 1.29 is 0 Å².